The summed E-state index contributed by atoms with van der Waals surface area (Å²) >= 11 is 0. The fourth-order valence-electron chi connectivity index (χ4n) is 2.77. The second kappa shape index (κ2) is 6.09. The van der Waals surface area contributed by atoms with Gasteiger partial charge in [-0.2, -0.15) is 0 Å². The fraction of sp³-hybridized carbons (Fsp3) is 0.562. The van der Waals surface area contributed by atoms with Gasteiger partial charge in [-0.3, -0.25) is 4.79 Å². The van der Waals surface area contributed by atoms with Gasteiger partial charge in [0.1, 0.15) is 0 Å². The lowest BCUT2D eigenvalue weighted by molar-refractivity contribution is -0.132. The molecule has 1 aromatic carbocycles. The van der Waals surface area contributed by atoms with Crippen molar-refractivity contribution in [2.24, 2.45) is 5.92 Å². The Morgan fingerprint density at radius 1 is 1.21 bits per heavy atom. The van der Waals surface area contributed by atoms with Crippen LogP contribution < -0.4 is 5.73 Å². The van der Waals surface area contributed by atoms with Crippen LogP contribution in [0.5, 0.6) is 0 Å². The van der Waals surface area contributed by atoms with Crippen molar-refractivity contribution < 1.29 is 4.79 Å². The summed E-state index contributed by atoms with van der Waals surface area (Å²) in [5, 5.41) is 0. The average Bonchev–Trinajstić information content (AvgIpc) is 2.41. The first-order valence-electron chi connectivity index (χ1n) is 7.16. The normalized spacial score (nSPS) is 23.1. The largest absolute Gasteiger partial charge is 0.399 e. The summed E-state index contributed by atoms with van der Waals surface area (Å²) in [6.07, 6.45) is 5.24. The summed E-state index contributed by atoms with van der Waals surface area (Å²) in [6.45, 7) is 2.30. The third-order valence-electron chi connectivity index (χ3n) is 4.26. The first kappa shape index (κ1) is 13.9. The van der Waals surface area contributed by atoms with E-state index in [1.165, 1.54) is 12.8 Å². The third-order valence-corrected chi connectivity index (χ3v) is 4.26. The van der Waals surface area contributed by atoms with E-state index in [9.17, 15) is 4.79 Å². The van der Waals surface area contributed by atoms with E-state index in [0.29, 0.717) is 12.5 Å². The molecule has 2 N–H and O–H groups in total. The Hall–Kier alpha value is -1.51. The number of hydrogen-bond acceptors (Lipinski definition) is 2. The molecule has 1 aromatic rings. The van der Waals surface area contributed by atoms with E-state index >= 15 is 0 Å². The summed E-state index contributed by atoms with van der Waals surface area (Å²) in [4.78, 5) is 14.2. The molecule has 1 amide bonds. The van der Waals surface area contributed by atoms with Gasteiger partial charge in [0.2, 0.25) is 5.91 Å². The molecule has 19 heavy (non-hydrogen) atoms. The van der Waals surface area contributed by atoms with Crippen molar-refractivity contribution in [3.05, 3.63) is 29.8 Å². The lowest BCUT2D eigenvalue weighted by Crippen LogP contribution is -2.40. The highest BCUT2D eigenvalue weighted by molar-refractivity contribution is 5.79. The van der Waals surface area contributed by atoms with Gasteiger partial charge in [-0.15, -0.1) is 0 Å². The first-order valence-corrected chi connectivity index (χ1v) is 7.16. The van der Waals surface area contributed by atoms with Gasteiger partial charge < -0.3 is 10.6 Å². The molecular formula is C16H24N2O. The van der Waals surface area contributed by atoms with Crippen molar-refractivity contribution in [2.75, 3.05) is 12.8 Å². The van der Waals surface area contributed by atoms with E-state index in [1.54, 1.807) is 0 Å². The highest BCUT2D eigenvalue weighted by Gasteiger charge is 2.24. The number of likely N-dealkylation sites (N-methyl/N-ethyl adjacent to an activating group) is 1. The summed E-state index contributed by atoms with van der Waals surface area (Å²) in [5.74, 6) is 1.03. The van der Waals surface area contributed by atoms with Gasteiger partial charge >= 0.3 is 0 Å². The van der Waals surface area contributed by atoms with E-state index in [2.05, 4.69) is 6.92 Å². The van der Waals surface area contributed by atoms with E-state index in [4.69, 9.17) is 5.73 Å². The van der Waals surface area contributed by atoms with Crippen molar-refractivity contribution in [3.8, 4) is 0 Å². The zero-order valence-electron chi connectivity index (χ0n) is 11.9. The number of anilines is 1. The average molecular weight is 260 g/mol. The lowest BCUT2D eigenvalue weighted by Gasteiger charge is -2.33. The predicted molar refractivity (Wildman–Crippen MR) is 78.7 cm³/mol. The van der Waals surface area contributed by atoms with Gasteiger partial charge in [0.15, 0.2) is 0 Å². The zero-order valence-corrected chi connectivity index (χ0v) is 11.9. The van der Waals surface area contributed by atoms with Crippen LogP contribution in [0.2, 0.25) is 0 Å². The summed E-state index contributed by atoms with van der Waals surface area (Å²) < 4.78 is 0. The number of amides is 1. The van der Waals surface area contributed by atoms with E-state index in [-0.39, 0.29) is 5.91 Å². The Balaban J connectivity index is 1.90. The Labute approximate surface area is 115 Å². The minimum atomic E-state index is 0.212. The molecule has 3 heteroatoms. The second-order valence-corrected chi connectivity index (χ2v) is 5.84. The highest BCUT2D eigenvalue weighted by Crippen LogP contribution is 2.26. The Morgan fingerprint density at radius 2 is 1.79 bits per heavy atom. The second-order valence-electron chi connectivity index (χ2n) is 5.84. The monoisotopic (exact) mass is 260 g/mol. The van der Waals surface area contributed by atoms with E-state index in [1.807, 2.05) is 36.2 Å². The number of nitrogen functional groups attached to an aromatic ring is 1. The Bertz CT molecular complexity index is 419. The molecule has 1 aliphatic rings. The summed E-state index contributed by atoms with van der Waals surface area (Å²) in [6, 6.07) is 8.00. The number of carbonyl (C=O) groups excluding carboxylic acids is 1. The molecule has 0 aliphatic heterocycles. The Kier molecular flexibility index (Phi) is 4.46. The molecule has 1 saturated carbocycles. The maximum Gasteiger partial charge on any atom is 0.226 e. The maximum atomic E-state index is 12.3. The molecule has 0 heterocycles. The van der Waals surface area contributed by atoms with Crippen LogP contribution in [-0.4, -0.2) is 23.9 Å². The first-order chi connectivity index (χ1) is 9.06. The predicted octanol–water partition coefficient (Wildman–Crippen LogP) is 2.85. The van der Waals surface area contributed by atoms with Crippen molar-refractivity contribution in [1.82, 2.24) is 4.90 Å². The molecule has 0 radical (unpaired) electrons. The van der Waals surface area contributed by atoms with Gasteiger partial charge in [0.05, 0.1) is 6.42 Å². The number of nitrogens with zero attached hydrogens (tertiary/aromatic N) is 1. The number of rotatable bonds is 3. The maximum absolute atomic E-state index is 12.3. The van der Waals surface area contributed by atoms with E-state index in [0.717, 1.165) is 30.0 Å². The molecule has 104 valence electrons. The molecule has 0 bridgehead atoms. The number of hydrogen-bond donors (Lipinski definition) is 1. The van der Waals surface area contributed by atoms with Crippen LogP contribution in [0.3, 0.4) is 0 Å². The molecule has 2 rings (SSSR count). The fourth-order valence-corrected chi connectivity index (χ4v) is 2.77. The quantitative estimate of drug-likeness (QED) is 0.849. The smallest absolute Gasteiger partial charge is 0.226 e. The van der Waals surface area contributed by atoms with Crippen LogP contribution in [0.1, 0.15) is 38.2 Å². The lowest BCUT2D eigenvalue weighted by atomic mass is 9.86. The number of carbonyl (C=O) groups is 1. The van der Waals surface area contributed by atoms with Gasteiger partial charge in [0.25, 0.3) is 0 Å². The molecule has 1 fully saturated rings. The highest BCUT2D eigenvalue weighted by atomic mass is 16.2. The molecule has 0 saturated heterocycles. The molecule has 3 nitrogen and oxygen atoms in total. The third kappa shape index (κ3) is 3.72. The SMILES string of the molecule is CC1CCC(N(C)C(=O)Cc2ccc(N)cc2)CC1. The van der Waals surface area contributed by atoms with Crippen LogP contribution in [0.15, 0.2) is 24.3 Å². The minimum absolute atomic E-state index is 0.212. The van der Waals surface area contributed by atoms with Crippen molar-refractivity contribution in [2.45, 2.75) is 45.1 Å². The van der Waals surface area contributed by atoms with Crippen molar-refractivity contribution in [3.63, 3.8) is 0 Å². The van der Waals surface area contributed by atoms with Gasteiger partial charge in [-0.25, -0.2) is 0 Å². The number of nitrogens with two attached hydrogens (primary N) is 1. The molecule has 0 unspecified atom stereocenters. The number of benzene rings is 1. The van der Waals surface area contributed by atoms with Gasteiger partial charge in [-0.1, -0.05) is 19.1 Å². The standard InChI is InChI=1S/C16H24N2O/c1-12-3-9-15(10-4-12)18(2)16(19)11-13-5-7-14(17)8-6-13/h5-8,12,15H,3-4,9-11,17H2,1-2H3. The van der Waals surface area contributed by atoms with Crippen LogP contribution in [0, 0.1) is 5.92 Å². The molecule has 0 aromatic heterocycles. The van der Waals surface area contributed by atoms with Crippen molar-refractivity contribution in [1.29, 1.82) is 0 Å². The van der Waals surface area contributed by atoms with Crippen LogP contribution in [0.4, 0.5) is 5.69 Å². The molecule has 0 spiro atoms. The zero-order chi connectivity index (χ0) is 13.8. The summed E-state index contributed by atoms with van der Waals surface area (Å²) in [7, 11) is 1.94. The van der Waals surface area contributed by atoms with Crippen LogP contribution in [0.25, 0.3) is 0 Å². The topological polar surface area (TPSA) is 46.3 Å². The van der Waals surface area contributed by atoms with E-state index < -0.39 is 0 Å². The van der Waals surface area contributed by atoms with Gasteiger partial charge in [0, 0.05) is 18.8 Å². The van der Waals surface area contributed by atoms with Gasteiger partial charge in [-0.05, 0) is 49.3 Å². The summed E-state index contributed by atoms with van der Waals surface area (Å²) in [5.41, 5.74) is 7.43. The minimum Gasteiger partial charge on any atom is -0.399 e. The molecular weight excluding hydrogens is 236 g/mol. The molecule has 1 aliphatic carbocycles. The van der Waals surface area contributed by atoms with Crippen molar-refractivity contribution >= 4 is 11.6 Å². The van der Waals surface area contributed by atoms with Crippen LogP contribution >= 0.6 is 0 Å². The van der Waals surface area contributed by atoms with Crippen LogP contribution in [-0.2, 0) is 11.2 Å². The Morgan fingerprint density at radius 3 is 2.37 bits per heavy atom. The molecule has 0 atom stereocenters.